The van der Waals surface area contributed by atoms with Crippen molar-refractivity contribution < 1.29 is 0 Å². The average molecular weight is 114 g/mol. The normalized spacial score (nSPS) is 19.6. The van der Waals surface area contributed by atoms with E-state index < -0.39 is 0 Å². The summed E-state index contributed by atoms with van der Waals surface area (Å²) in [6, 6.07) is 0. The van der Waals surface area contributed by atoms with Gasteiger partial charge in [0, 0.05) is 5.57 Å². The zero-order valence-corrected chi connectivity index (χ0v) is 5.02. The Balaban J connectivity index is 2.63. The minimum Gasteiger partial charge on any atom is -0.120 e. The van der Waals surface area contributed by atoms with E-state index in [9.17, 15) is 0 Å². The minimum atomic E-state index is 1.05. The van der Waals surface area contributed by atoms with Gasteiger partial charge < -0.3 is 0 Å². The topological polar surface area (TPSA) is 0 Å². The standard InChI is InChI=1S/C9H6/c1-2-5-9-7-3-6-8(9)4-1/h1,3-5H,6H2. The van der Waals surface area contributed by atoms with Gasteiger partial charge in [0.15, 0.2) is 0 Å². The summed E-state index contributed by atoms with van der Waals surface area (Å²) < 4.78 is 0. The van der Waals surface area contributed by atoms with Gasteiger partial charge in [-0.3, -0.25) is 0 Å². The van der Waals surface area contributed by atoms with Crippen LogP contribution in [-0.2, 0) is 0 Å². The number of allylic oxidation sites excluding steroid dienone is 4. The fraction of sp³-hybridized carbons (Fsp3) is 0.111. The van der Waals surface area contributed by atoms with Crippen molar-refractivity contribution in [2.45, 2.75) is 6.42 Å². The Kier molecular flexibility index (Phi) is 0.841. The molecule has 0 atom stereocenters. The molecule has 0 unspecified atom stereocenters. The highest BCUT2D eigenvalue weighted by Gasteiger charge is 2.04. The van der Waals surface area contributed by atoms with Crippen molar-refractivity contribution >= 4 is 0 Å². The van der Waals surface area contributed by atoms with Gasteiger partial charge in [0.1, 0.15) is 0 Å². The first kappa shape index (κ1) is 4.64. The lowest BCUT2D eigenvalue weighted by atomic mass is 10.1. The zero-order valence-electron chi connectivity index (χ0n) is 5.02. The molecule has 0 N–H and O–H groups in total. The molecule has 0 saturated carbocycles. The van der Waals surface area contributed by atoms with Crippen molar-refractivity contribution in [3.8, 4) is 0 Å². The molecule has 0 bridgehead atoms. The highest BCUT2D eigenvalue weighted by molar-refractivity contribution is 5.48. The van der Waals surface area contributed by atoms with Crippen molar-refractivity contribution in [1.82, 2.24) is 0 Å². The molecule has 0 radical (unpaired) electrons. The van der Waals surface area contributed by atoms with Gasteiger partial charge in [-0.05, 0) is 36.3 Å². The molecule has 0 aromatic rings. The van der Waals surface area contributed by atoms with E-state index in [2.05, 4.69) is 23.6 Å². The lowest BCUT2D eigenvalue weighted by Crippen LogP contribution is -1.80. The summed E-state index contributed by atoms with van der Waals surface area (Å²) in [6.45, 7) is 0. The Morgan fingerprint density at radius 2 is 2.44 bits per heavy atom. The molecule has 0 fully saturated rings. The fourth-order valence-corrected chi connectivity index (χ4v) is 1.05. The van der Waals surface area contributed by atoms with Crippen LogP contribution >= 0.6 is 0 Å². The maximum Gasteiger partial charge on any atom is 0.0274 e. The second-order valence-corrected chi connectivity index (χ2v) is 2.14. The van der Waals surface area contributed by atoms with Crippen LogP contribution < -0.4 is 0 Å². The molecule has 0 aromatic carbocycles. The Morgan fingerprint density at radius 3 is 3.33 bits per heavy atom. The third-order valence-corrected chi connectivity index (χ3v) is 1.53. The molecular weight excluding hydrogens is 108 g/mol. The van der Waals surface area contributed by atoms with Crippen LogP contribution in [-0.4, -0.2) is 0 Å². The Morgan fingerprint density at radius 1 is 1.44 bits per heavy atom. The van der Waals surface area contributed by atoms with Gasteiger partial charge >= 0.3 is 0 Å². The summed E-state index contributed by atoms with van der Waals surface area (Å²) in [4.78, 5) is 0. The Hall–Kier alpha value is -1.22. The van der Waals surface area contributed by atoms with Gasteiger partial charge in [-0.1, -0.05) is 0 Å². The molecule has 0 amide bonds. The Labute approximate surface area is 54.2 Å². The SMILES string of the molecule is C1=CC=C2CC=C=C2C=1. The molecule has 2 aliphatic carbocycles. The Bertz CT molecular complexity index is 288. The van der Waals surface area contributed by atoms with Crippen LogP contribution in [0.4, 0.5) is 0 Å². The average Bonchev–Trinajstić information content (AvgIpc) is 2.33. The number of rotatable bonds is 0. The van der Waals surface area contributed by atoms with Crippen molar-refractivity contribution in [3.05, 3.63) is 46.9 Å². The summed E-state index contributed by atoms with van der Waals surface area (Å²) in [7, 11) is 0. The monoisotopic (exact) mass is 114 g/mol. The molecular formula is C9H6. The van der Waals surface area contributed by atoms with Crippen LogP contribution in [0.2, 0.25) is 0 Å². The highest BCUT2D eigenvalue weighted by atomic mass is 14.1. The quantitative estimate of drug-likeness (QED) is 0.423. The lowest BCUT2D eigenvalue weighted by molar-refractivity contribution is 1.29. The summed E-state index contributed by atoms with van der Waals surface area (Å²) >= 11 is 0. The highest BCUT2D eigenvalue weighted by Crippen LogP contribution is 2.21. The molecule has 0 heteroatoms. The van der Waals surface area contributed by atoms with Crippen LogP contribution in [0.5, 0.6) is 0 Å². The van der Waals surface area contributed by atoms with E-state index in [1.165, 1.54) is 11.1 Å². The predicted octanol–water partition coefficient (Wildman–Crippen LogP) is 2.12. The third-order valence-electron chi connectivity index (χ3n) is 1.53. The summed E-state index contributed by atoms with van der Waals surface area (Å²) in [5, 5.41) is 0. The fourth-order valence-electron chi connectivity index (χ4n) is 1.05. The van der Waals surface area contributed by atoms with Gasteiger partial charge in [-0.15, -0.1) is 11.5 Å². The van der Waals surface area contributed by atoms with Crippen molar-refractivity contribution in [3.63, 3.8) is 0 Å². The van der Waals surface area contributed by atoms with Gasteiger partial charge in [-0.2, -0.15) is 0 Å². The van der Waals surface area contributed by atoms with Crippen LogP contribution in [0.25, 0.3) is 0 Å². The largest absolute Gasteiger partial charge is 0.120 e. The van der Waals surface area contributed by atoms with Crippen molar-refractivity contribution in [2.75, 3.05) is 0 Å². The smallest absolute Gasteiger partial charge is 0.0274 e. The third kappa shape index (κ3) is 0.622. The zero-order chi connectivity index (χ0) is 6.10. The summed E-state index contributed by atoms with van der Waals surface area (Å²) in [6.07, 6.45) is 9.10. The van der Waals surface area contributed by atoms with Crippen LogP contribution in [0.15, 0.2) is 46.9 Å². The van der Waals surface area contributed by atoms with Gasteiger partial charge in [0.05, 0.1) is 0 Å². The second-order valence-electron chi connectivity index (χ2n) is 2.14. The first-order chi connectivity index (χ1) is 4.47. The molecule has 2 rings (SSSR count). The van der Waals surface area contributed by atoms with Crippen LogP contribution in [0, 0.1) is 0 Å². The van der Waals surface area contributed by atoms with Crippen molar-refractivity contribution in [2.24, 2.45) is 0 Å². The van der Waals surface area contributed by atoms with Gasteiger partial charge in [0.25, 0.3) is 0 Å². The molecule has 0 heterocycles. The number of hydrogen-bond acceptors (Lipinski definition) is 0. The van der Waals surface area contributed by atoms with Crippen molar-refractivity contribution in [1.29, 1.82) is 0 Å². The molecule has 2 aliphatic rings. The molecule has 0 nitrogen and oxygen atoms in total. The maximum atomic E-state index is 3.14. The summed E-state index contributed by atoms with van der Waals surface area (Å²) in [5.74, 6) is 0. The van der Waals surface area contributed by atoms with E-state index in [-0.39, 0.29) is 0 Å². The van der Waals surface area contributed by atoms with E-state index in [0.29, 0.717) is 0 Å². The van der Waals surface area contributed by atoms with E-state index >= 15 is 0 Å². The van der Waals surface area contributed by atoms with E-state index in [0.717, 1.165) is 6.42 Å². The van der Waals surface area contributed by atoms with Gasteiger partial charge in [-0.25, -0.2) is 0 Å². The first-order valence-corrected chi connectivity index (χ1v) is 3.04. The molecule has 0 saturated heterocycles. The number of fused-ring (bicyclic) bond motifs is 1. The minimum absolute atomic E-state index is 1.05. The van der Waals surface area contributed by atoms with Gasteiger partial charge in [0.2, 0.25) is 0 Å². The van der Waals surface area contributed by atoms with E-state index in [1.807, 2.05) is 12.2 Å². The number of hydrogen-bond donors (Lipinski definition) is 0. The van der Waals surface area contributed by atoms with Crippen LogP contribution in [0.1, 0.15) is 6.42 Å². The summed E-state index contributed by atoms with van der Waals surface area (Å²) in [5.41, 5.74) is 8.73. The predicted molar refractivity (Wildman–Crippen MR) is 36.9 cm³/mol. The molecule has 0 aromatic heterocycles. The second kappa shape index (κ2) is 1.63. The van der Waals surface area contributed by atoms with Crippen LogP contribution in [0.3, 0.4) is 0 Å². The lowest BCUT2D eigenvalue weighted by Gasteiger charge is -1.97. The molecule has 9 heavy (non-hydrogen) atoms. The molecule has 0 aliphatic heterocycles. The first-order valence-electron chi connectivity index (χ1n) is 3.04. The molecule has 42 valence electrons. The molecule has 0 spiro atoms. The van der Waals surface area contributed by atoms with E-state index in [4.69, 9.17) is 0 Å². The maximum absolute atomic E-state index is 3.14. The van der Waals surface area contributed by atoms with E-state index in [1.54, 1.807) is 0 Å².